The van der Waals surface area contributed by atoms with E-state index in [1.807, 2.05) is 19.3 Å². The summed E-state index contributed by atoms with van der Waals surface area (Å²) in [5, 5.41) is 3.58. The first-order valence-electron chi connectivity index (χ1n) is 11.9. The third kappa shape index (κ3) is 6.43. The van der Waals surface area contributed by atoms with Gasteiger partial charge in [-0.25, -0.2) is 4.98 Å². The lowest BCUT2D eigenvalue weighted by atomic mass is 10.2. The summed E-state index contributed by atoms with van der Waals surface area (Å²) in [5.41, 5.74) is 1.41. The lowest BCUT2D eigenvalue weighted by molar-refractivity contribution is 0.126. The summed E-state index contributed by atoms with van der Waals surface area (Å²) in [5.74, 6) is 2.09. The van der Waals surface area contributed by atoms with Crippen molar-refractivity contribution in [1.29, 1.82) is 0 Å². The molecule has 0 atom stereocenters. The minimum absolute atomic E-state index is 0.970. The first-order chi connectivity index (χ1) is 15.8. The Balaban J connectivity index is 1.11. The maximum atomic E-state index is 4.52. The number of guanidine groups is 1. The fourth-order valence-corrected chi connectivity index (χ4v) is 4.54. The molecule has 0 spiro atoms. The number of benzene rings is 1. The van der Waals surface area contributed by atoms with Crippen molar-refractivity contribution in [3.05, 3.63) is 60.3 Å². The maximum Gasteiger partial charge on any atom is 0.193 e. The van der Waals surface area contributed by atoms with Crippen molar-refractivity contribution < 1.29 is 0 Å². The molecule has 4 rings (SSSR count). The number of hydrogen-bond donors (Lipinski definition) is 1. The van der Waals surface area contributed by atoms with E-state index in [4.69, 9.17) is 0 Å². The third-order valence-electron chi connectivity index (χ3n) is 6.41. The van der Waals surface area contributed by atoms with Crippen LogP contribution in [0.25, 0.3) is 0 Å². The van der Waals surface area contributed by atoms with E-state index >= 15 is 0 Å². The van der Waals surface area contributed by atoms with E-state index in [-0.39, 0.29) is 0 Å². The van der Waals surface area contributed by atoms with Crippen molar-refractivity contribution in [2.75, 3.05) is 77.4 Å². The fraction of sp³-hybridized carbons (Fsp3) is 0.520. The predicted molar refractivity (Wildman–Crippen MR) is 132 cm³/mol. The van der Waals surface area contributed by atoms with Crippen LogP contribution in [0.3, 0.4) is 0 Å². The Bertz CT molecular complexity index is 811. The Morgan fingerprint density at radius 1 is 0.875 bits per heavy atom. The summed E-state index contributed by atoms with van der Waals surface area (Å²) in [4.78, 5) is 18.9. The number of aliphatic imine (C=N–C) groups is 1. The van der Waals surface area contributed by atoms with Crippen LogP contribution >= 0.6 is 0 Å². The average Bonchev–Trinajstić information content (AvgIpc) is 2.86. The zero-order chi connectivity index (χ0) is 22.0. The van der Waals surface area contributed by atoms with E-state index in [1.54, 1.807) is 0 Å². The second-order valence-corrected chi connectivity index (χ2v) is 8.59. The Hall–Kier alpha value is -2.64. The Morgan fingerprint density at radius 2 is 1.59 bits per heavy atom. The Morgan fingerprint density at radius 3 is 2.28 bits per heavy atom. The van der Waals surface area contributed by atoms with Crippen molar-refractivity contribution >= 4 is 11.8 Å². The zero-order valence-corrected chi connectivity index (χ0v) is 19.4. The SMILES string of the molecule is CN=C(NCCCN1CCN(Cc2ccccc2)CC1)N1CCN(c2ccccn2)CC1. The number of nitrogens with one attached hydrogen (secondary N) is 1. The molecule has 2 aliphatic rings. The number of nitrogens with zero attached hydrogens (tertiary/aromatic N) is 6. The minimum Gasteiger partial charge on any atom is -0.356 e. The van der Waals surface area contributed by atoms with Crippen LogP contribution in [-0.4, -0.2) is 98.1 Å². The third-order valence-corrected chi connectivity index (χ3v) is 6.41. The zero-order valence-electron chi connectivity index (χ0n) is 19.4. The number of hydrogen-bond acceptors (Lipinski definition) is 5. The van der Waals surface area contributed by atoms with Crippen molar-refractivity contribution in [3.63, 3.8) is 0 Å². The summed E-state index contributed by atoms with van der Waals surface area (Å²) in [6.07, 6.45) is 3.01. The van der Waals surface area contributed by atoms with Crippen LogP contribution in [0.1, 0.15) is 12.0 Å². The van der Waals surface area contributed by atoms with Gasteiger partial charge in [-0.05, 0) is 30.7 Å². The summed E-state index contributed by atoms with van der Waals surface area (Å²) in [6, 6.07) is 16.9. The molecule has 0 saturated carbocycles. The van der Waals surface area contributed by atoms with Gasteiger partial charge in [-0.3, -0.25) is 9.89 Å². The van der Waals surface area contributed by atoms with Gasteiger partial charge in [-0.2, -0.15) is 0 Å². The van der Waals surface area contributed by atoms with E-state index in [2.05, 4.69) is 77.4 Å². The fourth-order valence-electron chi connectivity index (χ4n) is 4.54. The number of anilines is 1. The van der Waals surface area contributed by atoms with E-state index < -0.39 is 0 Å². The summed E-state index contributed by atoms with van der Waals surface area (Å²) in [6.45, 7) is 11.7. The second kappa shape index (κ2) is 11.8. The van der Waals surface area contributed by atoms with E-state index in [0.717, 1.165) is 90.2 Å². The summed E-state index contributed by atoms with van der Waals surface area (Å²) in [7, 11) is 1.89. The van der Waals surface area contributed by atoms with Gasteiger partial charge in [0.2, 0.25) is 0 Å². The summed E-state index contributed by atoms with van der Waals surface area (Å²) < 4.78 is 0. The van der Waals surface area contributed by atoms with Crippen molar-refractivity contribution in [2.24, 2.45) is 4.99 Å². The molecule has 1 aromatic heterocycles. The molecule has 2 saturated heterocycles. The Labute approximate surface area is 192 Å². The molecule has 172 valence electrons. The van der Waals surface area contributed by atoms with Gasteiger partial charge < -0.3 is 20.0 Å². The molecular formula is C25H37N7. The molecule has 0 bridgehead atoms. The van der Waals surface area contributed by atoms with Crippen LogP contribution in [0.5, 0.6) is 0 Å². The van der Waals surface area contributed by atoms with Gasteiger partial charge in [0.15, 0.2) is 5.96 Å². The van der Waals surface area contributed by atoms with Crippen LogP contribution in [0.15, 0.2) is 59.7 Å². The van der Waals surface area contributed by atoms with Crippen molar-refractivity contribution in [3.8, 4) is 0 Å². The summed E-state index contributed by atoms with van der Waals surface area (Å²) >= 11 is 0. The number of pyridine rings is 1. The van der Waals surface area contributed by atoms with Crippen molar-refractivity contribution in [2.45, 2.75) is 13.0 Å². The molecule has 2 aromatic rings. The quantitative estimate of drug-likeness (QED) is 0.408. The van der Waals surface area contributed by atoms with E-state index in [1.165, 1.54) is 5.56 Å². The molecule has 2 fully saturated rings. The number of piperazine rings is 2. The van der Waals surface area contributed by atoms with Gasteiger partial charge in [0.05, 0.1) is 0 Å². The van der Waals surface area contributed by atoms with Gasteiger partial charge >= 0.3 is 0 Å². The first kappa shape index (κ1) is 22.6. The molecule has 7 nitrogen and oxygen atoms in total. The number of aromatic nitrogens is 1. The highest BCUT2D eigenvalue weighted by Gasteiger charge is 2.20. The topological polar surface area (TPSA) is 50.2 Å². The van der Waals surface area contributed by atoms with Gasteiger partial charge in [0.25, 0.3) is 0 Å². The largest absolute Gasteiger partial charge is 0.356 e. The smallest absolute Gasteiger partial charge is 0.193 e. The molecule has 0 aliphatic carbocycles. The molecule has 32 heavy (non-hydrogen) atoms. The molecule has 0 amide bonds. The molecule has 2 aliphatic heterocycles. The Kier molecular flexibility index (Phi) is 8.34. The van der Waals surface area contributed by atoms with Gasteiger partial charge in [-0.1, -0.05) is 36.4 Å². The molecule has 1 N–H and O–H groups in total. The van der Waals surface area contributed by atoms with Crippen LogP contribution < -0.4 is 10.2 Å². The van der Waals surface area contributed by atoms with Crippen LogP contribution in [-0.2, 0) is 6.54 Å². The second-order valence-electron chi connectivity index (χ2n) is 8.59. The van der Waals surface area contributed by atoms with Gasteiger partial charge in [-0.15, -0.1) is 0 Å². The monoisotopic (exact) mass is 435 g/mol. The maximum absolute atomic E-state index is 4.52. The molecule has 7 heteroatoms. The molecule has 1 aromatic carbocycles. The van der Waals surface area contributed by atoms with Crippen LogP contribution in [0.2, 0.25) is 0 Å². The molecule has 3 heterocycles. The van der Waals surface area contributed by atoms with Crippen LogP contribution in [0, 0.1) is 0 Å². The van der Waals surface area contributed by atoms with E-state index in [9.17, 15) is 0 Å². The van der Waals surface area contributed by atoms with E-state index in [0.29, 0.717) is 0 Å². The lowest BCUT2D eigenvalue weighted by Gasteiger charge is -2.37. The minimum atomic E-state index is 0.970. The predicted octanol–water partition coefficient (Wildman–Crippen LogP) is 1.99. The first-order valence-corrected chi connectivity index (χ1v) is 11.9. The molecule has 0 radical (unpaired) electrons. The van der Waals surface area contributed by atoms with Crippen molar-refractivity contribution in [1.82, 2.24) is 25.0 Å². The van der Waals surface area contributed by atoms with Gasteiger partial charge in [0.1, 0.15) is 5.82 Å². The highest BCUT2D eigenvalue weighted by Crippen LogP contribution is 2.12. The normalized spacial score (nSPS) is 18.7. The molecular weight excluding hydrogens is 398 g/mol. The standard InChI is InChI=1S/C25H37N7/c1-26-25(32-20-18-31(19-21-32)24-10-5-6-11-27-24)28-12-7-13-29-14-16-30(17-15-29)22-23-8-3-2-4-9-23/h2-6,8-11H,7,12-22H2,1H3,(H,26,28). The molecule has 0 unspecified atom stereocenters. The highest BCUT2D eigenvalue weighted by atomic mass is 15.4. The van der Waals surface area contributed by atoms with Gasteiger partial charge in [0, 0.05) is 78.7 Å². The lowest BCUT2D eigenvalue weighted by Crippen LogP contribution is -2.53. The highest BCUT2D eigenvalue weighted by molar-refractivity contribution is 5.80. The number of rotatable bonds is 7. The average molecular weight is 436 g/mol. The van der Waals surface area contributed by atoms with Crippen LogP contribution in [0.4, 0.5) is 5.82 Å².